The number of carbonyl (C=O) groups is 2. The molecule has 0 saturated carbocycles. The molecule has 16 heavy (non-hydrogen) atoms. The molecule has 7 nitrogen and oxygen atoms in total. The van der Waals surface area contributed by atoms with Gasteiger partial charge in [-0.05, 0) is 12.8 Å². The minimum atomic E-state index is -0.948. The Morgan fingerprint density at radius 3 is 2.62 bits per heavy atom. The third kappa shape index (κ3) is 1.63. The van der Waals surface area contributed by atoms with Crippen LogP contribution in [0.4, 0.5) is 4.79 Å². The molecule has 0 atom stereocenters. The van der Waals surface area contributed by atoms with Gasteiger partial charge in [0.25, 0.3) is 5.91 Å². The quantitative estimate of drug-likeness (QED) is 0.532. The first kappa shape index (κ1) is 10.9. The summed E-state index contributed by atoms with van der Waals surface area (Å²) in [6.07, 6.45) is -0.0974. The van der Waals surface area contributed by atoms with Crippen molar-refractivity contribution < 1.29 is 14.7 Å². The van der Waals surface area contributed by atoms with E-state index in [1.807, 2.05) is 0 Å². The Morgan fingerprint density at radius 2 is 2.19 bits per heavy atom. The van der Waals surface area contributed by atoms with Crippen molar-refractivity contribution in [2.45, 2.75) is 18.4 Å². The monoisotopic (exact) mass is 226 g/mol. The maximum absolute atomic E-state index is 11.7. The lowest BCUT2D eigenvalue weighted by Crippen LogP contribution is -2.50. The molecule has 1 saturated heterocycles. The van der Waals surface area contributed by atoms with Crippen molar-refractivity contribution in [1.29, 1.82) is 0 Å². The van der Waals surface area contributed by atoms with E-state index >= 15 is 0 Å². The summed E-state index contributed by atoms with van der Waals surface area (Å²) in [5.41, 5.74) is 4.63. The fraction of sp³-hybridized carbons (Fsp3) is 0.667. The lowest BCUT2D eigenvalue weighted by molar-refractivity contribution is -0.125. The normalized spacial score (nSPS) is 23.2. The summed E-state index contributed by atoms with van der Waals surface area (Å²) in [7, 11) is 0. The van der Waals surface area contributed by atoms with E-state index in [-0.39, 0.29) is 12.5 Å². The van der Waals surface area contributed by atoms with Gasteiger partial charge in [0.1, 0.15) is 11.4 Å². The van der Waals surface area contributed by atoms with E-state index in [1.165, 1.54) is 4.90 Å². The molecule has 0 radical (unpaired) electrons. The molecule has 2 rings (SSSR count). The second-order valence-corrected chi connectivity index (χ2v) is 4.02. The molecule has 2 aliphatic heterocycles. The van der Waals surface area contributed by atoms with Crippen LogP contribution in [0.2, 0.25) is 0 Å². The number of nitrogens with zero attached hydrogens (tertiary/aromatic N) is 2. The summed E-state index contributed by atoms with van der Waals surface area (Å²) < 4.78 is 0. The van der Waals surface area contributed by atoms with E-state index in [4.69, 9.17) is 10.8 Å². The topological polar surface area (TPSA) is 108 Å². The molecule has 0 aromatic rings. The molecular formula is C9H14N4O3. The predicted molar refractivity (Wildman–Crippen MR) is 56.2 cm³/mol. The molecule has 1 fully saturated rings. The second kappa shape index (κ2) is 3.75. The van der Waals surface area contributed by atoms with Crippen molar-refractivity contribution >= 4 is 17.8 Å². The van der Waals surface area contributed by atoms with Crippen LogP contribution in [-0.2, 0) is 4.79 Å². The van der Waals surface area contributed by atoms with E-state index < -0.39 is 11.6 Å². The highest BCUT2D eigenvalue weighted by molar-refractivity contribution is 6.09. The summed E-state index contributed by atoms with van der Waals surface area (Å²) in [6.45, 7) is 0.879. The lowest BCUT2D eigenvalue weighted by Gasteiger charge is -2.33. The summed E-state index contributed by atoms with van der Waals surface area (Å²) in [5.74, 6) is 0.340. The molecular weight excluding hydrogens is 212 g/mol. The van der Waals surface area contributed by atoms with Crippen LogP contribution < -0.4 is 11.1 Å². The third-order valence-corrected chi connectivity index (χ3v) is 3.08. The van der Waals surface area contributed by atoms with Gasteiger partial charge in [0, 0.05) is 13.1 Å². The van der Waals surface area contributed by atoms with E-state index in [0.29, 0.717) is 31.8 Å². The number of carbonyl (C=O) groups excluding carboxylic acids is 1. The Morgan fingerprint density at radius 1 is 1.56 bits per heavy atom. The van der Waals surface area contributed by atoms with Crippen LogP contribution >= 0.6 is 0 Å². The van der Waals surface area contributed by atoms with Gasteiger partial charge in [-0.25, -0.2) is 4.79 Å². The molecule has 1 spiro atoms. The van der Waals surface area contributed by atoms with Crippen LogP contribution in [0.25, 0.3) is 0 Å². The van der Waals surface area contributed by atoms with Gasteiger partial charge in [-0.2, -0.15) is 0 Å². The highest BCUT2D eigenvalue weighted by Gasteiger charge is 2.45. The predicted octanol–water partition coefficient (Wildman–Crippen LogP) is -1.01. The van der Waals surface area contributed by atoms with E-state index in [0.717, 1.165) is 0 Å². The van der Waals surface area contributed by atoms with Gasteiger partial charge in [-0.15, -0.1) is 0 Å². The zero-order valence-corrected chi connectivity index (χ0v) is 8.77. The van der Waals surface area contributed by atoms with Gasteiger partial charge < -0.3 is 21.1 Å². The first-order valence-electron chi connectivity index (χ1n) is 5.15. The van der Waals surface area contributed by atoms with Crippen molar-refractivity contribution in [3.05, 3.63) is 0 Å². The summed E-state index contributed by atoms with van der Waals surface area (Å²) >= 11 is 0. The number of piperidine rings is 1. The fourth-order valence-corrected chi connectivity index (χ4v) is 2.09. The fourth-order valence-electron chi connectivity index (χ4n) is 2.09. The Balaban J connectivity index is 2.10. The number of likely N-dealkylation sites (tertiary alicyclic amines) is 1. The summed E-state index contributed by atoms with van der Waals surface area (Å²) in [4.78, 5) is 28.1. The number of hydrogen-bond donors (Lipinski definition) is 3. The third-order valence-electron chi connectivity index (χ3n) is 3.08. The lowest BCUT2D eigenvalue weighted by atomic mass is 9.88. The number of rotatable bonds is 1. The molecule has 2 aliphatic rings. The molecule has 88 valence electrons. The first-order valence-corrected chi connectivity index (χ1v) is 5.15. The minimum Gasteiger partial charge on any atom is -0.465 e. The maximum atomic E-state index is 11.7. The molecule has 7 heteroatoms. The highest BCUT2D eigenvalue weighted by Crippen LogP contribution is 2.29. The Hall–Kier alpha value is -1.63. The van der Waals surface area contributed by atoms with Crippen molar-refractivity contribution in [2.75, 3.05) is 19.6 Å². The molecule has 0 aromatic heterocycles. The van der Waals surface area contributed by atoms with Gasteiger partial charge in [0.15, 0.2) is 0 Å². The molecule has 0 bridgehead atoms. The maximum Gasteiger partial charge on any atom is 0.407 e. The van der Waals surface area contributed by atoms with Crippen LogP contribution in [0.15, 0.2) is 4.99 Å². The molecule has 2 heterocycles. The zero-order valence-electron chi connectivity index (χ0n) is 8.77. The van der Waals surface area contributed by atoms with Crippen LogP contribution in [0, 0.1) is 0 Å². The standard InChI is InChI=1S/C9H14N4O3/c10-5-6-11-7(14)9(12-6)1-3-13(4-2-9)8(15)16/h1-5,10H2,(H,15,16)(H,11,12,14). The van der Waals surface area contributed by atoms with Gasteiger partial charge in [-0.1, -0.05) is 0 Å². The average Bonchev–Trinajstić information content (AvgIpc) is 2.57. The van der Waals surface area contributed by atoms with Crippen LogP contribution in [0.3, 0.4) is 0 Å². The van der Waals surface area contributed by atoms with Crippen LogP contribution in [0.5, 0.6) is 0 Å². The Bertz CT molecular complexity index is 358. The van der Waals surface area contributed by atoms with E-state index in [2.05, 4.69) is 10.3 Å². The van der Waals surface area contributed by atoms with Gasteiger partial charge in [0.05, 0.1) is 6.54 Å². The van der Waals surface area contributed by atoms with Crippen molar-refractivity contribution in [1.82, 2.24) is 10.2 Å². The molecule has 2 amide bonds. The van der Waals surface area contributed by atoms with Gasteiger partial charge >= 0.3 is 6.09 Å². The number of hydrogen-bond acceptors (Lipinski definition) is 4. The van der Waals surface area contributed by atoms with Gasteiger partial charge in [0.2, 0.25) is 0 Å². The van der Waals surface area contributed by atoms with Gasteiger partial charge in [-0.3, -0.25) is 9.79 Å². The number of nitrogens with one attached hydrogen (secondary N) is 1. The largest absolute Gasteiger partial charge is 0.465 e. The van der Waals surface area contributed by atoms with Crippen LogP contribution in [-0.4, -0.2) is 53.0 Å². The summed E-state index contributed by atoms with van der Waals surface area (Å²) in [6, 6.07) is 0. The smallest absolute Gasteiger partial charge is 0.407 e. The van der Waals surface area contributed by atoms with Crippen molar-refractivity contribution in [2.24, 2.45) is 10.7 Å². The van der Waals surface area contributed by atoms with Crippen molar-refractivity contribution in [3.63, 3.8) is 0 Å². The number of carboxylic acid groups (broad SMARTS) is 1. The Kier molecular flexibility index (Phi) is 2.55. The number of amidine groups is 1. The average molecular weight is 226 g/mol. The van der Waals surface area contributed by atoms with Crippen LogP contribution in [0.1, 0.15) is 12.8 Å². The minimum absolute atomic E-state index is 0.155. The highest BCUT2D eigenvalue weighted by atomic mass is 16.4. The summed E-state index contributed by atoms with van der Waals surface area (Å²) in [5, 5.41) is 11.4. The van der Waals surface area contributed by atoms with E-state index in [9.17, 15) is 9.59 Å². The molecule has 0 aromatic carbocycles. The molecule has 0 unspecified atom stereocenters. The molecule has 0 aliphatic carbocycles. The zero-order chi connectivity index (χ0) is 11.8. The van der Waals surface area contributed by atoms with Crippen molar-refractivity contribution in [3.8, 4) is 0 Å². The number of amides is 2. The Labute approximate surface area is 92.3 Å². The first-order chi connectivity index (χ1) is 7.57. The number of nitrogens with two attached hydrogens (primary N) is 1. The second-order valence-electron chi connectivity index (χ2n) is 4.02. The SMILES string of the molecule is NCC1=NC2(CCN(C(=O)O)CC2)C(=O)N1. The molecule has 4 N–H and O–H groups in total. The number of aliphatic imine (C=N–C) groups is 1. The van der Waals surface area contributed by atoms with E-state index in [1.54, 1.807) is 0 Å².